The molecular weight excluding hydrogens is 236 g/mol. The summed E-state index contributed by atoms with van der Waals surface area (Å²) >= 11 is 1.55. The van der Waals surface area contributed by atoms with Crippen molar-refractivity contribution in [1.29, 1.82) is 0 Å². The Balaban J connectivity index is 2.04. The van der Waals surface area contributed by atoms with E-state index in [1.54, 1.807) is 24.6 Å². The van der Waals surface area contributed by atoms with Gasteiger partial charge in [-0.05, 0) is 6.07 Å². The van der Waals surface area contributed by atoms with Crippen molar-refractivity contribution >= 4 is 17.2 Å². The molecule has 0 bridgehead atoms. The van der Waals surface area contributed by atoms with Gasteiger partial charge in [-0.3, -0.25) is 4.79 Å². The van der Waals surface area contributed by atoms with Crippen LogP contribution in [-0.4, -0.2) is 27.9 Å². The summed E-state index contributed by atoms with van der Waals surface area (Å²) in [5, 5.41) is 5.48. The highest BCUT2D eigenvalue weighted by atomic mass is 32.1. The van der Waals surface area contributed by atoms with E-state index >= 15 is 0 Å². The van der Waals surface area contributed by atoms with E-state index in [1.165, 1.54) is 6.33 Å². The highest BCUT2D eigenvalue weighted by Crippen LogP contribution is 2.20. The van der Waals surface area contributed by atoms with Gasteiger partial charge in [0.25, 0.3) is 0 Å². The number of carbonyl (C=O) groups excluding carboxylic acids is 1. The molecule has 0 saturated carbocycles. The first-order valence-electron chi connectivity index (χ1n) is 5.21. The van der Waals surface area contributed by atoms with Gasteiger partial charge in [0, 0.05) is 31.5 Å². The summed E-state index contributed by atoms with van der Waals surface area (Å²) in [5.41, 5.74) is 1.65. The van der Waals surface area contributed by atoms with Crippen LogP contribution in [0.3, 0.4) is 0 Å². The SMILES string of the molecule is CNC(=O)CCc1nc(-c2ccncn2)cs1. The predicted molar refractivity (Wildman–Crippen MR) is 65.5 cm³/mol. The molecule has 0 unspecified atom stereocenters. The van der Waals surface area contributed by atoms with Crippen LogP contribution in [0.15, 0.2) is 24.0 Å². The van der Waals surface area contributed by atoms with Gasteiger partial charge in [-0.25, -0.2) is 15.0 Å². The summed E-state index contributed by atoms with van der Waals surface area (Å²) in [6.45, 7) is 0. The lowest BCUT2D eigenvalue weighted by atomic mass is 10.3. The Hall–Kier alpha value is -1.82. The maximum Gasteiger partial charge on any atom is 0.220 e. The number of hydrogen-bond donors (Lipinski definition) is 1. The fourth-order valence-corrected chi connectivity index (χ4v) is 2.12. The molecule has 6 heteroatoms. The summed E-state index contributed by atoms with van der Waals surface area (Å²) in [7, 11) is 1.64. The minimum Gasteiger partial charge on any atom is -0.359 e. The molecule has 2 heterocycles. The number of nitrogens with zero attached hydrogens (tertiary/aromatic N) is 3. The number of nitrogens with one attached hydrogen (secondary N) is 1. The number of hydrogen-bond acceptors (Lipinski definition) is 5. The summed E-state index contributed by atoms with van der Waals surface area (Å²) in [4.78, 5) is 23.5. The lowest BCUT2D eigenvalue weighted by Crippen LogP contribution is -2.17. The van der Waals surface area contributed by atoms with Gasteiger partial charge in [-0.1, -0.05) is 0 Å². The first-order chi connectivity index (χ1) is 8.29. The third kappa shape index (κ3) is 3.07. The van der Waals surface area contributed by atoms with Gasteiger partial charge < -0.3 is 5.32 Å². The Bertz CT molecular complexity index is 497. The molecular formula is C11H12N4OS. The highest BCUT2D eigenvalue weighted by Gasteiger charge is 2.07. The average Bonchev–Trinajstić information content (AvgIpc) is 2.86. The van der Waals surface area contributed by atoms with Gasteiger partial charge in [0.05, 0.1) is 16.4 Å². The molecule has 0 saturated heterocycles. The van der Waals surface area contributed by atoms with Crippen LogP contribution in [0.4, 0.5) is 0 Å². The van der Waals surface area contributed by atoms with Crippen LogP contribution in [0, 0.1) is 0 Å². The molecule has 0 aliphatic rings. The molecule has 0 atom stereocenters. The summed E-state index contributed by atoms with van der Waals surface area (Å²) < 4.78 is 0. The molecule has 1 amide bonds. The monoisotopic (exact) mass is 248 g/mol. The number of rotatable bonds is 4. The van der Waals surface area contributed by atoms with E-state index in [2.05, 4.69) is 20.3 Å². The van der Waals surface area contributed by atoms with Gasteiger partial charge in [-0.15, -0.1) is 11.3 Å². The van der Waals surface area contributed by atoms with Gasteiger partial charge in [0.2, 0.25) is 5.91 Å². The van der Waals surface area contributed by atoms with Crippen LogP contribution in [0.25, 0.3) is 11.4 Å². The summed E-state index contributed by atoms with van der Waals surface area (Å²) in [6, 6.07) is 1.82. The molecule has 0 aliphatic heterocycles. The van der Waals surface area contributed by atoms with E-state index < -0.39 is 0 Å². The molecule has 0 radical (unpaired) electrons. The minimum absolute atomic E-state index is 0.0313. The zero-order valence-electron chi connectivity index (χ0n) is 9.38. The Labute approximate surface area is 103 Å². The largest absolute Gasteiger partial charge is 0.359 e. The molecule has 2 rings (SSSR count). The third-order valence-corrected chi connectivity index (χ3v) is 3.15. The molecule has 0 spiro atoms. The zero-order valence-corrected chi connectivity index (χ0v) is 10.2. The van der Waals surface area contributed by atoms with E-state index in [1.807, 2.05) is 11.4 Å². The summed E-state index contributed by atoms with van der Waals surface area (Å²) in [5.74, 6) is 0.0313. The van der Waals surface area contributed by atoms with Gasteiger partial charge >= 0.3 is 0 Å². The van der Waals surface area contributed by atoms with E-state index in [4.69, 9.17) is 0 Å². The molecule has 2 aromatic rings. The highest BCUT2D eigenvalue weighted by molar-refractivity contribution is 7.09. The number of carbonyl (C=O) groups is 1. The molecule has 1 N–H and O–H groups in total. The lowest BCUT2D eigenvalue weighted by Gasteiger charge is -1.96. The van der Waals surface area contributed by atoms with Crippen molar-refractivity contribution < 1.29 is 4.79 Å². The van der Waals surface area contributed by atoms with Crippen LogP contribution in [0.5, 0.6) is 0 Å². The maximum absolute atomic E-state index is 11.1. The van der Waals surface area contributed by atoms with E-state index in [0.717, 1.165) is 16.4 Å². The Morgan fingerprint density at radius 3 is 3.06 bits per heavy atom. The Morgan fingerprint density at radius 1 is 1.47 bits per heavy atom. The van der Waals surface area contributed by atoms with Crippen molar-refractivity contribution in [3.05, 3.63) is 29.0 Å². The molecule has 5 nitrogen and oxygen atoms in total. The second-order valence-electron chi connectivity index (χ2n) is 3.39. The van der Waals surface area contributed by atoms with Crippen LogP contribution < -0.4 is 5.32 Å². The summed E-state index contributed by atoms with van der Waals surface area (Å²) in [6.07, 6.45) is 4.31. The first kappa shape index (κ1) is 11.7. The second kappa shape index (κ2) is 5.49. The normalized spacial score (nSPS) is 10.2. The van der Waals surface area contributed by atoms with E-state index in [9.17, 15) is 4.79 Å². The zero-order chi connectivity index (χ0) is 12.1. The Morgan fingerprint density at radius 2 is 2.35 bits per heavy atom. The van der Waals surface area contributed by atoms with Crippen molar-refractivity contribution in [2.75, 3.05) is 7.05 Å². The quantitative estimate of drug-likeness (QED) is 0.885. The van der Waals surface area contributed by atoms with Crippen molar-refractivity contribution in [2.24, 2.45) is 0 Å². The number of aryl methyl sites for hydroxylation is 1. The van der Waals surface area contributed by atoms with Crippen molar-refractivity contribution in [2.45, 2.75) is 12.8 Å². The molecule has 2 aromatic heterocycles. The van der Waals surface area contributed by atoms with Crippen LogP contribution >= 0.6 is 11.3 Å². The standard InChI is InChI=1S/C11H12N4OS/c1-12-10(16)2-3-11-15-9(6-17-11)8-4-5-13-7-14-8/h4-7H,2-3H2,1H3,(H,12,16). The van der Waals surface area contributed by atoms with Gasteiger partial charge in [0.1, 0.15) is 6.33 Å². The number of thiazole rings is 1. The fourth-order valence-electron chi connectivity index (χ4n) is 1.33. The minimum atomic E-state index is 0.0313. The molecule has 88 valence electrons. The molecule has 0 aliphatic carbocycles. The van der Waals surface area contributed by atoms with Crippen molar-refractivity contribution in [3.8, 4) is 11.4 Å². The Kier molecular flexibility index (Phi) is 3.77. The van der Waals surface area contributed by atoms with Crippen LogP contribution in [0.2, 0.25) is 0 Å². The third-order valence-electron chi connectivity index (χ3n) is 2.24. The lowest BCUT2D eigenvalue weighted by molar-refractivity contribution is -0.120. The second-order valence-corrected chi connectivity index (χ2v) is 4.34. The van der Waals surface area contributed by atoms with E-state index in [-0.39, 0.29) is 5.91 Å². The molecule has 0 aromatic carbocycles. The topological polar surface area (TPSA) is 67.8 Å². The predicted octanol–water partition coefficient (Wildman–Crippen LogP) is 1.28. The first-order valence-corrected chi connectivity index (χ1v) is 6.09. The molecule has 0 fully saturated rings. The van der Waals surface area contributed by atoms with E-state index in [0.29, 0.717) is 12.8 Å². The van der Waals surface area contributed by atoms with Crippen molar-refractivity contribution in [3.63, 3.8) is 0 Å². The molecule has 17 heavy (non-hydrogen) atoms. The number of aromatic nitrogens is 3. The van der Waals surface area contributed by atoms with Crippen LogP contribution in [-0.2, 0) is 11.2 Å². The van der Waals surface area contributed by atoms with Crippen molar-refractivity contribution in [1.82, 2.24) is 20.3 Å². The number of amides is 1. The smallest absolute Gasteiger partial charge is 0.220 e. The average molecular weight is 248 g/mol. The van der Waals surface area contributed by atoms with Gasteiger partial charge in [-0.2, -0.15) is 0 Å². The van der Waals surface area contributed by atoms with Crippen LogP contribution in [0.1, 0.15) is 11.4 Å². The maximum atomic E-state index is 11.1. The van der Waals surface area contributed by atoms with Gasteiger partial charge in [0.15, 0.2) is 0 Å². The fraction of sp³-hybridized carbons (Fsp3) is 0.273.